The third-order valence-electron chi connectivity index (χ3n) is 2.86. The summed E-state index contributed by atoms with van der Waals surface area (Å²) in [4.78, 5) is 4.97. The van der Waals surface area contributed by atoms with E-state index < -0.39 is 0 Å². The van der Waals surface area contributed by atoms with Gasteiger partial charge in [-0.2, -0.15) is 0 Å². The van der Waals surface area contributed by atoms with Gasteiger partial charge in [-0.15, -0.1) is 0 Å². The molecule has 2 rings (SSSR count). The van der Waals surface area contributed by atoms with Crippen LogP contribution in [0.1, 0.15) is 32.1 Å². The molecule has 2 heterocycles. The zero-order valence-corrected chi connectivity index (χ0v) is 7.84. The SMILES string of the molecule is [CH](N1CCCCC1)N1CCCC1. The number of hydrogen-bond donors (Lipinski definition) is 0. The highest BCUT2D eigenvalue weighted by Gasteiger charge is 2.17. The lowest BCUT2D eigenvalue weighted by Crippen LogP contribution is -2.34. The normalized spacial score (nSPS) is 28.0. The summed E-state index contributed by atoms with van der Waals surface area (Å²) >= 11 is 0. The molecule has 0 aromatic rings. The first-order valence-corrected chi connectivity index (χ1v) is 5.28. The van der Waals surface area contributed by atoms with Crippen LogP contribution < -0.4 is 0 Å². The summed E-state index contributed by atoms with van der Waals surface area (Å²) in [6.45, 7) is 7.52. The molecule has 12 heavy (non-hydrogen) atoms. The minimum atomic E-state index is 1.29. The Balaban J connectivity index is 1.69. The topological polar surface area (TPSA) is 6.48 Å². The third-order valence-corrected chi connectivity index (χ3v) is 2.86. The minimum Gasteiger partial charge on any atom is -0.285 e. The monoisotopic (exact) mass is 167 g/mol. The number of hydrogen-bond acceptors (Lipinski definition) is 2. The molecule has 2 saturated heterocycles. The lowest BCUT2D eigenvalue weighted by Gasteiger charge is -2.29. The number of likely N-dealkylation sites (tertiary alicyclic amines) is 2. The maximum Gasteiger partial charge on any atom is 0.0921 e. The molecule has 0 aromatic carbocycles. The quantitative estimate of drug-likeness (QED) is 0.617. The minimum absolute atomic E-state index is 1.29. The second kappa shape index (κ2) is 4.24. The Morgan fingerprint density at radius 3 is 1.50 bits per heavy atom. The highest BCUT2D eigenvalue weighted by molar-refractivity contribution is 4.77. The van der Waals surface area contributed by atoms with E-state index in [1.165, 1.54) is 58.3 Å². The second-order valence-electron chi connectivity index (χ2n) is 3.96. The molecule has 69 valence electrons. The Morgan fingerprint density at radius 1 is 0.583 bits per heavy atom. The molecule has 1 radical (unpaired) electrons. The molecule has 0 aromatic heterocycles. The molecule has 0 N–H and O–H groups in total. The van der Waals surface area contributed by atoms with Crippen LogP contribution in [0, 0.1) is 6.67 Å². The summed E-state index contributed by atoms with van der Waals surface area (Å²) in [7, 11) is 0. The van der Waals surface area contributed by atoms with Gasteiger partial charge in [0.05, 0.1) is 6.67 Å². The van der Waals surface area contributed by atoms with E-state index in [0.717, 1.165) is 0 Å². The van der Waals surface area contributed by atoms with Gasteiger partial charge in [0.1, 0.15) is 0 Å². The van der Waals surface area contributed by atoms with Gasteiger partial charge in [0.2, 0.25) is 0 Å². The molecule has 0 amide bonds. The Morgan fingerprint density at radius 2 is 1.00 bits per heavy atom. The Labute approximate surface area is 75.5 Å². The fraction of sp³-hybridized carbons (Fsp3) is 0.900. The van der Waals surface area contributed by atoms with Crippen LogP contribution in [0.3, 0.4) is 0 Å². The molecule has 2 fully saturated rings. The number of rotatable bonds is 2. The molecule has 2 nitrogen and oxygen atoms in total. The number of nitrogens with zero attached hydrogens (tertiary/aromatic N) is 2. The summed E-state index contributed by atoms with van der Waals surface area (Å²) in [5.74, 6) is 0. The second-order valence-corrected chi connectivity index (χ2v) is 3.96. The molecule has 0 unspecified atom stereocenters. The summed E-state index contributed by atoms with van der Waals surface area (Å²) in [6, 6.07) is 0. The van der Waals surface area contributed by atoms with Crippen molar-refractivity contribution in [2.45, 2.75) is 32.1 Å². The van der Waals surface area contributed by atoms with Crippen LogP contribution >= 0.6 is 0 Å². The van der Waals surface area contributed by atoms with E-state index >= 15 is 0 Å². The molecule has 0 aliphatic carbocycles. The molecule has 2 aliphatic heterocycles. The molecule has 2 heteroatoms. The largest absolute Gasteiger partial charge is 0.285 e. The van der Waals surface area contributed by atoms with Crippen molar-refractivity contribution >= 4 is 0 Å². The van der Waals surface area contributed by atoms with Gasteiger partial charge in [-0.05, 0) is 51.9 Å². The Kier molecular flexibility index (Phi) is 3.01. The molecule has 0 bridgehead atoms. The maximum absolute atomic E-state index is 2.49. The lowest BCUT2D eigenvalue weighted by molar-refractivity contribution is 0.194. The zero-order valence-electron chi connectivity index (χ0n) is 7.84. The fourth-order valence-corrected chi connectivity index (χ4v) is 2.12. The van der Waals surface area contributed by atoms with Crippen molar-refractivity contribution in [2.24, 2.45) is 0 Å². The van der Waals surface area contributed by atoms with Gasteiger partial charge in [-0.1, -0.05) is 6.42 Å². The van der Waals surface area contributed by atoms with E-state index in [2.05, 4.69) is 16.5 Å². The van der Waals surface area contributed by atoms with Crippen LogP contribution in [0.4, 0.5) is 0 Å². The van der Waals surface area contributed by atoms with Crippen LogP contribution in [0.25, 0.3) is 0 Å². The highest BCUT2D eigenvalue weighted by Crippen LogP contribution is 2.15. The first kappa shape index (κ1) is 8.52. The van der Waals surface area contributed by atoms with Gasteiger partial charge < -0.3 is 0 Å². The van der Waals surface area contributed by atoms with Crippen molar-refractivity contribution in [3.8, 4) is 0 Å². The Hall–Kier alpha value is -0.0800. The van der Waals surface area contributed by atoms with Crippen molar-refractivity contribution in [2.75, 3.05) is 26.2 Å². The van der Waals surface area contributed by atoms with Gasteiger partial charge >= 0.3 is 0 Å². The van der Waals surface area contributed by atoms with Gasteiger partial charge in [0.25, 0.3) is 0 Å². The van der Waals surface area contributed by atoms with Crippen LogP contribution in [-0.4, -0.2) is 36.0 Å². The highest BCUT2D eigenvalue weighted by atomic mass is 15.3. The lowest BCUT2D eigenvalue weighted by atomic mass is 10.1. The summed E-state index contributed by atoms with van der Waals surface area (Å²) < 4.78 is 0. The van der Waals surface area contributed by atoms with E-state index in [-0.39, 0.29) is 0 Å². The first-order chi connectivity index (χ1) is 5.95. The van der Waals surface area contributed by atoms with Gasteiger partial charge in [-0.25, -0.2) is 0 Å². The smallest absolute Gasteiger partial charge is 0.0921 e. The molecule has 0 spiro atoms. The van der Waals surface area contributed by atoms with Crippen molar-refractivity contribution in [1.29, 1.82) is 0 Å². The summed E-state index contributed by atoms with van der Waals surface area (Å²) in [5.41, 5.74) is 0. The molecule has 0 atom stereocenters. The van der Waals surface area contributed by atoms with E-state index in [1.807, 2.05) is 0 Å². The van der Waals surface area contributed by atoms with E-state index in [1.54, 1.807) is 0 Å². The maximum atomic E-state index is 2.49. The standard InChI is InChI=1S/C10H19N2/c1-2-6-11(7-3-1)10-12-8-4-5-9-12/h10H,1-9H2. The summed E-state index contributed by atoms with van der Waals surface area (Å²) in [6.07, 6.45) is 7.01. The van der Waals surface area contributed by atoms with E-state index in [0.29, 0.717) is 0 Å². The fourth-order valence-electron chi connectivity index (χ4n) is 2.12. The van der Waals surface area contributed by atoms with Gasteiger partial charge in [0, 0.05) is 0 Å². The van der Waals surface area contributed by atoms with E-state index in [4.69, 9.17) is 0 Å². The van der Waals surface area contributed by atoms with Crippen molar-refractivity contribution in [3.05, 3.63) is 6.67 Å². The predicted molar refractivity (Wildman–Crippen MR) is 50.5 cm³/mol. The third kappa shape index (κ3) is 2.20. The van der Waals surface area contributed by atoms with Gasteiger partial charge in [0.15, 0.2) is 0 Å². The molecule has 0 saturated carbocycles. The van der Waals surface area contributed by atoms with Gasteiger partial charge in [-0.3, -0.25) is 9.80 Å². The average molecular weight is 167 g/mol. The average Bonchev–Trinajstić information content (AvgIpc) is 2.59. The van der Waals surface area contributed by atoms with E-state index in [9.17, 15) is 0 Å². The van der Waals surface area contributed by atoms with Crippen molar-refractivity contribution < 1.29 is 0 Å². The summed E-state index contributed by atoms with van der Waals surface area (Å²) in [5, 5.41) is 0. The van der Waals surface area contributed by atoms with Crippen molar-refractivity contribution in [3.63, 3.8) is 0 Å². The molecular formula is C10H19N2. The first-order valence-electron chi connectivity index (χ1n) is 5.28. The van der Waals surface area contributed by atoms with Crippen LogP contribution in [0.5, 0.6) is 0 Å². The number of piperidine rings is 1. The molecule has 2 aliphatic rings. The Bertz CT molecular complexity index is 124. The van der Waals surface area contributed by atoms with Crippen LogP contribution in [0.2, 0.25) is 0 Å². The van der Waals surface area contributed by atoms with Crippen molar-refractivity contribution in [1.82, 2.24) is 9.80 Å². The van der Waals surface area contributed by atoms with Crippen LogP contribution in [-0.2, 0) is 0 Å². The van der Waals surface area contributed by atoms with Crippen LogP contribution in [0.15, 0.2) is 0 Å². The zero-order chi connectivity index (χ0) is 8.23. The molecular weight excluding hydrogens is 148 g/mol. The predicted octanol–water partition coefficient (Wildman–Crippen LogP) is 1.69.